The van der Waals surface area contributed by atoms with E-state index in [0.717, 1.165) is 31.5 Å². The Hall–Kier alpha value is -1.07. The molecular weight excluding hydrogens is 292 g/mol. The van der Waals surface area contributed by atoms with Crippen LogP contribution in [0.15, 0.2) is 21.8 Å². The summed E-state index contributed by atoms with van der Waals surface area (Å²) in [6, 6.07) is 2.68. The Bertz CT molecular complexity index is 444. The van der Waals surface area contributed by atoms with Gasteiger partial charge in [0.1, 0.15) is 0 Å². The van der Waals surface area contributed by atoms with E-state index in [1.54, 1.807) is 11.3 Å². The summed E-state index contributed by atoms with van der Waals surface area (Å²) in [5, 5.41) is 11.1. The van der Waals surface area contributed by atoms with Gasteiger partial charge < -0.3 is 10.6 Å². The largest absolute Gasteiger partial charge is 0.357 e. The van der Waals surface area contributed by atoms with Crippen LogP contribution in [0.4, 0.5) is 0 Å². The number of hydrogen-bond acceptors (Lipinski definition) is 3. The Morgan fingerprint density at radius 3 is 3.05 bits per heavy atom. The zero-order valence-electron chi connectivity index (χ0n) is 14.1. The Morgan fingerprint density at radius 2 is 2.36 bits per heavy atom. The maximum Gasteiger partial charge on any atom is 0.191 e. The van der Waals surface area contributed by atoms with Gasteiger partial charge in [0, 0.05) is 25.7 Å². The molecule has 1 saturated heterocycles. The Balaban J connectivity index is 1.81. The molecule has 1 aliphatic rings. The monoisotopic (exact) mass is 322 g/mol. The quantitative estimate of drug-likeness (QED) is 0.625. The summed E-state index contributed by atoms with van der Waals surface area (Å²) >= 11 is 1.73. The van der Waals surface area contributed by atoms with Crippen molar-refractivity contribution < 1.29 is 0 Å². The first-order valence-corrected chi connectivity index (χ1v) is 9.40. The van der Waals surface area contributed by atoms with Crippen LogP contribution in [0, 0.1) is 5.92 Å². The van der Waals surface area contributed by atoms with Crippen LogP contribution in [0.1, 0.15) is 39.2 Å². The van der Waals surface area contributed by atoms with Crippen molar-refractivity contribution in [2.24, 2.45) is 10.9 Å². The Kier molecular flexibility index (Phi) is 7.19. The zero-order chi connectivity index (χ0) is 15.8. The van der Waals surface area contributed by atoms with Crippen molar-refractivity contribution in [2.45, 2.75) is 46.2 Å². The first-order valence-electron chi connectivity index (χ1n) is 8.46. The third-order valence-electron chi connectivity index (χ3n) is 4.22. The van der Waals surface area contributed by atoms with Crippen LogP contribution in [-0.4, -0.2) is 43.1 Å². The van der Waals surface area contributed by atoms with Gasteiger partial charge in [-0.25, -0.2) is 4.99 Å². The molecule has 1 aliphatic heterocycles. The lowest BCUT2D eigenvalue weighted by molar-refractivity contribution is 0.139. The SMILES string of the molecule is CCNC(=NCc1ccsc1)NCC(C)N1CCCC(C)C1. The van der Waals surface area contributed by atoms with Gasteiger partial charge in [-0.3, -0.25) is 4.90 Å². The maximum absolute atomic E-state index is 4.67. The van der Waals surface area contributed by atoms with E-state index < -0.39 is 0 Å². The lowest BCUT2D eigenvalue weighted by Gasteiger charge is -2.35. The van der Waals surface area contributed by atoms with Gasteiger partial charge in [0.15, 0.2) is 5.96 Å². The second-order valence-corrected chi connectivity index (χ2v) is 7.08. The first kappa shape index (κ1) is 17.3. The Morgan fingerprint density at radius 1 is 1.50 bits per heavy atom. The molecule has 2 N–H and O–H groups in total. The predicted molar refractivity (Wildman–Crippen MR) is 96.6 cm³/mol. The van der Waals surface area contributed by atoms with Crippen molar-refractivity contribution in [3.8, 4) is 0 Å². The summed E-state index contributed by atoms with van der Waals surface area (Å²) in [4.78, 5) is 7.27. The molecule has 1 fully saturated rings. The molecule has 2 rings (SSSR count). The fourth-order valence-electron chi connectivity index (χ4n) is 2.89. The third-order valence-corrected chi connectivity index (χ3v) is 4.95. The van der Waals surface area contributed by atoms with Crippen molar-refractivity contribution in [1.29, 1.82) is 0 Å². The molecule has 0 amide bonds. The average molecular weight is 323 g/mol. The molecule has 1 aromatic rings. The van der Waals surface area contributed by atoms with E-state index in [4.69, 9.17) is 0 Å². The van der Waals surface area contributed by atoms with Crippen molar-refractivity contribution in [2.75, 3.05) is 26.2 Å². The molecule has 22 heavy (non-hydrogen) atoms. The van der Waals surface area contributed by atoms with Crippen LogP contribution in [0.5, 0.6) is 0 Å². The smallest absolute Gasteiger partial charge is 0.191 e. The molecule has 0 saturated carbocycles. The highest BCUT2D eigenvalue weighted by Gasteiger charge is 2.20. The third kappa shape index (κ3) is 5.61. The first-order chi connectivity index (χ1) is 10.7. The van der Waals surface area contributed by atoms with Crippen molar-refractivity contribution >= 4 is 17.3 Å². The van der Waals surface area contributed by atoms with Gasteiger partial charge in [-0.1, -0.05) is 6.92 Å². The molecule has 124 valence electrons. The van der Waals surface area contributed by atoms with Gasteiger partial charge in [0.2, 0.25) is 0 Å². The van der Waals surface area contributed by atoms with Crippen molar-refractivity contribution in [3.05, 3.63) is 22.4 Å². The lowest BCUT2D eigenvalue weighted by Crippen LogP contribution is -2.48. The van der Waals surface area contributed by atoms with Crippen LogP contribution >= 0.6 is 11.3 Å². The number of rotatable bonds is 6. The number of nitrogens with zero attached hydrogens (tertiary/aromatic N) is 2. The highest BCUT2D eigenvalue weighted by Crippen LogP contribution is 2.17. The van der Waals surface area contributed by atoms with E-state index in [1.165, 1.54) is 31.5 Å². The topological polar surface area (TPSA) is 39.7 Å². The number of nitrogens with one attached hydrogen (secondary N) is 2. The average Bonchev–Trinajstić information content (AvgIpc) is 3.03. The van der Waals surface area contributed by atoms with Gasteiger partial charge in [-0.15, -0.1) is 0 Å². The highest BCUT2D eigenvalue weighted by atomic mass is 32.1. The van der Waals surface area contributed by atoms with E-state index >= 15 is 0 Å². The molecule has 0 radical (unpaired) electrons. The van der Waals surface area contributed by atoms with E-state index in [9.17, 15) is 0 Å². The van der Waals surface area contributed by atoms with E-state index in [0.29, 0.717) is 6.04 Å². The number of aliphatic imine (C=N–C) groups is 1. The molecule has 1 aromatic heterocycles. The summed E-state index contributed by atoms with van der Waals surface area (Å²) in [7, 11) is 0. The number of hydrogen-bond donors (Lipinski definition) is 2. The molecule has 2 atom stereocenters. The predicted octanol–water partition coefficient (Wildman–Crippen LogP) is 2.92. The molecule has 5 heteroatoms. The van der Waals surface area contributed by atoms with E-state index in [2.05, 4.69) is 58.1 Å². The van der Waals surface area contributed by atoms with Crippen LogP contribution in [0.25, 0.3) is 0 Å². The standard InChI is InChI=1S/C17H30N4S/c1-4-18-17(20-11-16-7-9-22-13-16)19-10-15(3)21-8-5-6-14(2)12-21/h7,9,13-15H,4-6,8,10-12H2,1-3H3,(H2,18,19,20). The molecule has 0 bridgehead atoms. The molecule has 2 unspecified atom stereocenters. The number of likely N-dealkylation sites (tertiary alicyclic amines) is 1. The van der Waals surface area contributed by atoms with Crippen LogP contribution in [0.2, 0.25) is 0 Å². The maximum atomic E-state index is 4.67. The van der Waals surface area contributed by atoms with Crippen molar-refractivity contribution in [3.63, 3.8) is 0 Å². The summed E-state index contributed by atoms with van der Waals surface area (Å²) in [5.74, 6) is 1.75. The normalized spacial score (nSPS) is 21.6. The van der Waals surface area contributed by atoms with E-state index in [-0.39, 0.29) is 0 Å². The lowest BCUT2D eigenvalue weighted by atomic mass is 9.99. The Labute approximate surface area is 139 Å². The number of piperidine rings is 1. The fraction of sp³-hybridized carbons (Fsp3) is 0.706. The number of guanidine groups is 1. The molecule has 0 aromatic carbocycles. The molecule has 4 nitrogen and oxygen atoms in total. The van der Waals surface area contributed by atoms with Crippen LogP contribution in [-0.2, 0) is 6.54 Å². The molecule has 0 aliphatic carbocycles. The van der Waals surface area contributed by atoms with Gasteiger partial charge in [-0.05, 0) is 61.5 Å². The highest BCUT2D eigenvalue weighted by molar-refractivity contribution is 7.07. The second-order valence-electron chi connectivity index (χ2n) is 6.30. The minimum absolute atomic E-state index is 0.549. The van der Waals surface area contributed by atoms with Gasteiger partial charge >= 0.3 is 0 Å². The second kappa shape index (κ2) is 9.16. The molecular formula is C17H30N4S. The zero-order valence-corrected chi connectivity index (χ0v) is 15.0. The summed E-state index contributed by atoms with van der Waals surface area (Å²) in [6.45, 7) is 11.8. The summed E-state index contributed by atoms with van der Waals surface area (Å²) in [6.07, 6.45) is 2.71. The van der Waals surface area contributed by atoms with E-state index in [1.807, 2.05) is 0 Å². The summed E-state index contributed by atoms with van der Waals surface area (Å²) in [5.41, 5.74) is 1.28. The van der Waals surface area contributed by atoms with Crippen molar-refractivity contribution in [1.82, 2.24) is 15.5 Å². The minimum atomic E-state index is 0.549. The summed E-state index contributed by atoms with van der Waals surface area (Å²) < 4.78 is 0. The van der Waals surface area contributed by atoms with Crippen LogP contribution < -0.4 is 10.6 Å². The molecule has 0 spiro atoms. The van der Waals surface area contributed by atoms with Gasteiger partial charge in [0.05, 0.1) is 6.54 Å². The van der Waals surface area contributed by atoms with Crippen LogP contribution in [0.3, 0.4) is 0 Å². The molecule has 2 heterocycles. The number of thiophene rings is 1. The minimum Gasteiger partial charge on any atom is -0.357 e. The fourth-order valence-corrected chi connectivity index (χ4v) is 3.55. The van der Waals surface area contributed by atoms with Gasteiger partial charge in [-0.2, -0.15) is 11.3 Å². The van der Waals surface area contributed by atoms with Gasteiger partial charge in [0.25, 0.3) is 0 Å².